The number of amides is 2. The zero-order valence-electron chi connectivity index (χ0n) is 18.8. The van der Waals surface area contributed by atoms with E-state index in [-0.39, 0.29) is 11.6 Å². The van der Waals surface area contributed by atoms with Crippen molar-refractivity contribution in [3.8, 4) is 23.7 Å². The van der Waals surface area contributed by atoms with Crippen molar-refractivity contribution in [3.05, 3.63) is 71.2 Å². The number of imidazole rings is 1. The van der Waals surface area contributed by atoms with Crippen molar-refractivity contribution in [1.82, 2.24) is 25.3 Å². The highest BCUT2D eigenvalue weighted by Gasteiger charge is 2.37. The molecule has 0 aliphatic rings. The summed E-state index contributed by atoms with van der Waals surface area (Å²) >= 11 is 1.18. The van der Waals surface area contributed by atoms with Gasteiger partial charge in [0.05, 0.1) is 18.2 Å². The van der Waals surface area contributed by atoms with Crippen LogP contribution in [0.5, 0.6) is 0 Å². The van der Waals surface area contributed by atoms with Crippen LogP contribution < -0.4 is 10.2 Å². The zero-order valence-corrected chi connectivity index (χ0v) is 19.6. The van der Waals surface area contributed by atoms with E-state index in [9.17, 15) is 9.59 Å². The Morgan fingerprint density at radius 1 is 1.26 bits per heavy atom. The molecule has 1 unspecified atom stereocenters. The summed E-state index contributed by atoms with van der Waals surface area (Å²) in [6.07, 6.45) is 11.4. The van der Waals surface area contributed by atoms with Crippen molar-refractivity contribution in [3.63, 3.8) is 0 Å². The van der Waals surface area contributed by atoms with Crippen molar-refractivity contribution < 1.29 is 14.0 Å². The Balaban J connectivity index is 1.82. The fraction of sp³-hybridized carbons (Fsp3) is 0.208. The van der Waals surface area contributed by atoms with Gasteiger partial charge in [0, 0.05) is 28.4 Å². The number of anilines is 1. The number of benzene rings is 1. The summed E-state index contributed by atoms with van der Waals surface area (Å²) in [6.45, 7) is 5.60. The molecule has 9 nitrogen and oxygen atoms in total. The molecule has 4 aromatic rings. The van der Waals surface area contributed by atoms with Gasteiger partial charge < -0.3 is 14.7 Å². The number of nitrogens with zero attached hydrogens (tertiary/aromatic N) is 4. The Bertz CT molecular complexity index is 1310. The Labute approximate surface area is 200 Å². The van der Waals surface area contributed by atoms with E-state index in [0.29, 0.717) is 22.1 Å². The number of hydrogen-bond donors (Lipinski definition) is 2. The molecule has 4 rings (SSSR count). The van der Waals surface area contributed by atoms with Crippen molar-refractivity contribution in [2.75, 3.05) is 4.90 Å². The SMILES string of the molecule is C#Cc1nc(C(=O)N(c2ccc(-c3cnco3)cc2)C(C(=O)NC(C)(C)C)c2c[nH]cn2)cs1. The van der Waals surface area contributed by atoms with Gasteiger partial charge in [-0.2, -0.15) is 0 Å². The predicted octanol–water partition coefficient (Wildman–Crippen LogP) is 3.81. The summed E-state index contributed by atoms with van der Waals surface area (Å²) < 4.78 is 5.35. The molecule has 1 atom stereocenters. The highest BCUT2D eigenvalue weighted by atomic mass is 32.1. The molecule has 3 heterocycles. The number of hydrogen-bond acceptors (Lipinski definition) is 7. The average molecular weight is 475 g/mol. The standard InChI is InChI=1S/C24H22N6O3S/c1-5-20-28-18(12-34-20)23(32)30(16-8-6-15(7-9-16)19-11-26-14-33-19)21(17-10-25-13-27-17)22(31)29-24(2,3)4/h1,6-14,21H,2-4H3,(H,25,27)(H,29,31). The van der Waals surface area contributed by atoms with E-state index in [0.717, 1.165) is 5.56 Å². The largest absolute Gasteiger partial charge is 0.444 e. The fourth-order valence-electron chi connectivity index (χ4n) is 3.33. The molecule has 0 aliphatic carbocycles. The van der Waals surface area contributed by atoms with Crippen molar-refractivity contribution in [1.29, 1.82) is 0 Å². The lowest BCUT2D eigenvalue weighted by atomic mass is 10.0. The molecule has 1 aromatic carbocycles. The van der Waals surface area contributed by atoms with E-state index in [1.165, 1.54) is 29.0 Å². The number of H-pyrrole nitrogens is 1. The molecule has 0 radical (unpaired) electrons. The third-order valence-electron chi connectivity index (χ3n) is 4.73. The molecular weight excluding hydrogens is 452 g/mol. The molecule has 2 N–H and O–H groups in total. The lowest BCUT2D eigenvalue weighted by Crippen LogP contribution is -2.49. The van der Waals surface area contributed by atoms with Crippen molar-refractivity contribution in [2.24, 2.45) is 0 Å². The van der Waals surface area contributed by atoms with E-state index in [1.54, 1.807) is 42.0 Å². The summed E-state index contributed by atoms with van der Waals surface area (Å²) in [7, 11) is 0. The second-order valence-electron chi connectivity index (χ2n) is 8.41. The zero-order chi connectivity index (χ0) is 24.3. The smallest absolute Gasteiger partial charge is 0.278 e. The van der Waals surface area contributed by atoms with Gasteiger partial charge >= 0.3 is 0 Å². The van der Waals surface area contributed by atoms with Crippen LogP contribution in [-0.2, 0) is 4.79 Å². The Kier molecular flexibility index (Phi) is 6.30. The summed E-state index contributed by atoms with van der Waals surface area (Å²) in [5, 5.41) is 4.91. The fourth-order valence-corrected chi connectivity index (χ4v) is 3.93. The summed E-state index contributed by atoms with van der Waals surface area (Å²) in [4.78, 5) is 43.9. The number of aromatic nitrogens is 4. The second kappa shape index (κ2) is 9.33. The van der Waals surface area contributed by atoms with Crippen LogP contribution in [0.2, 0.25) is 0 Å². The van der Waals surface area contributed by atoms with Gasteiger partial charge in [-0.25, -0.2) is 15.0 Å². The molecular formula is C24H22N6O3S. The van der Waals surface area contributed by atoms with Crippen LogP contribution in [0.4, 0.5) is 5.69 Å². The van der Waals surface area contributed by atoms with Gasteiger partial charge in [0.25, 0.3) is 5.91 Å². The first-order valence-corrected chi connectivity index (χ1v) is 11.2. The number of terminal acetylenes is 1. The van der Waals surface area contributed by atoms with E-state index in [1.807, 2.05) is 20.8 Å². The molecule has 0 aliphatic heterocycles. The van der Waals surface area contributed by atoms with Crippen LogP contribution in [0.1, 0.15) is 48.0 Å². The minimum absolute atomic E-state index is 0.140. The topological polar surface area (TPSA) is 117 Å². The normalized spacial score (nSPS) is 12.1. The third kappa shape index (κ3) is 4.89. The van der Waals surface area contributed by atoms with Gasteiger partial charge in [-0.05, 0) is 51.0 Å². The van der Waals surface area contributed by atoms with Crippen molar-refractivity contribution in [2.45, 2.75) is 32.4 Å². The first-order chi connectivity index (χ1) is 16.3. The van der Waals surface area contributed by atoms with Gasteiger partial charge in [0.1, 0.15) is 5.69 Å². The van der Waals surface area contributed by atoms with Crippen LogP contribution in [0, 0.1) is 12.3 Å². The molecule has 0 fully saturated rings. The summed E-state index contributed by atoms with van der Waals surface area (Å²) in [6, 6.07) is 5.97. The number of carbonyl (C=O) groups is 2. The third-order valence-corrected chi connectivity index (χ3v) is 5.51. The minimum atomic E-state index is -1.06. The highest BCUT2D eigenvalue weighted by molar-refractivity contribution is 7.10. The monoisotopic (exact) mass is 474 g/mol. The maximum atomic E-state index is 13.7. The number of thiazole rings is 1. The van der Waals surface area contributed by atoms with Crippen LogP contribution in [0.15, 0.2) is 59.2 Å². The first kappa shape index (κ1) is 22.9. The lowest BCUT2D eigenvalue weighted by molar-refractivity contribution is -0.124. The summed E-state index contributed by atoms with van der Waals surface area (Å²) in [5.74, 6) is 2.15. The lowest BCUT2D eigenvalue weighted by Gasteiger charge is -2.32. The van der Waals surface area contributed by atoms with E-state index in [4.69, 9.17) is 10.8 Å². The Morgan fingerprint density at radius 2 is 2.03 bits per heavy atom. The number of rotatable bonds is 6. The second-order valence-corrected chi connectivity index (χ2v) is 9.26. The maximum absolute atomic E-state index is 13.7. The molecule has 3 aromatic heterocycles. The Hall–Kier alpha value is -4.23. The molecule has 2 amide bonds. The van der Waals surface area contributed by atoms with Gasteiger partial charge in [-0.3, -0.25) is 14.5 Å². The van der Waals surface area contributed by atoms with E-state index >= 15 is 0 Å². The van der Waals surface area contributed by atoms with Gasteiger partial charge in [0.15, 0.2) is 23.2 Å². The van der Waals surface area contributed by atoms with E-state index in [2.05, 4.69) is 31.2 Å². The van der Waals surface area contributed by atoms with E-state index < -0.39 is 17.5 Å². The molecule has 34 heavy (non-hydrogen) atoms. The molecule has 0 bridgehead atoms. The highest BCUT2D eigenvalue weighted by Crippen LogP contribution is 2.31. The van der Waals surface area contributed by atoms with Gasteiger partial charge in [0.2, 0.25) is 5.91 Å². The molecule has 0 saturated carbocycles. The Morgan fingerprint density at radius 3 is 2.59 bits per heavy atom. The van der Waals surface area contributed by atoms with Gasteiger partial charge in [-0.1, -0.05) is 0 Å². The minimum Gasteiger partial charge on any atom is -0.444 e. The number of nitrogens with one attached hydrogen (secondary N) is 2. The number of carbonyl (C=O) groups excluding carboxylic acids is 2. The predicted molar refractivity (Wildman–Crippen MR) is 128 cm³/mol. The molecule has 0 spiro atoms. The first-order valence-electron chi connectivity index (χ1n) is 10.3. The summed E-state index contributed by atoms with van der Waals surface area (Å²) in [5.41, 5.74) is 1.23. The van der Waals surface area contributed by atoms with Crippen molar-refractivity contribution >= 4 is 28.8 Å². The average Bonchev–Trinajstić information content (AvgIpc) is 3.58. The molecule has 10 heteroatoms. The maximum Gasteiger partial charge on any atom is 0.278 e. The number of aromatic amines is 1. The van der Waals surface area contributed by atoms with Gasteiger partial charge in [-0.15, -0.1) is 17.8 Å². The quantitative estimate of drug-likeness (QED) is 0.411. The van der Waals surface area contributed by atoms with Crippen LogP contribution in [-0.4, -0.2) is 37.3 Å². The van der Waals surface area contributed by atoms with Crippen LogP contribution in [0.25, 0.3) is 11.3 Å². The van der Waals surface area contributed by atoms with Crippen LogP contribution in [0.3, 0.4) is 0 Å². The van der Waals surface area contributed by atoms with Crippen LogP contribution >= 0.6 is 11.3 Å². The molecule has 172 valence electrons. The number of oxazole rings is 1. The molecule has 0 saturated heterocycles.